The molecule has 0 radical (unpaired) electrons. The van der Waals surface area contributed by atoms with Gasteiger partial charge >= 0.3 is 6.18 Å². The van der Waals surface area contributed by atoms with Crippen molar-refractivity contribution in [1.82, 2.24) is 0 Å². The molecule has 118 valence electrons. The van der Waals surface area contributed by atoms with Gasteiger partial charge in [0, 0.05) is 18.3 Å². The lowest BCUT2D eigenvalue weighted by atomic mass is 9.93. The van der Waals surface area contributed by atoms with E-state index >= 15 is 0 Å². The van der Waals surface area contributed by atoms with E-state index in [-0.39, 0.29) is 5.56 Å². The van der Waals surface area contributed by atoms with Crippen LogP contribution in [0.5, 0.6) is 0 Å². The Labute approximate surface area is 123 Å². The molecule has 1 aromatic carbocycles. The average Bonchev–Trinajstić information content (AvgIpc) is 2.48. The topological polar surface area (TPSA) is 23.5 Å². The molecule has 0 aliphatic heterocycles. The summed E-state index contributed by atoms with van der Waals surface area (Å²) in [4.78, 5) is 2.07. The smallest absolute Gasteiger partial charge is 0.392 e. The molecule has 5 heteroatoms. The van der Waals surface area contributed by atoms with Crippen molar-refractivity contribution in [3.8, 4) is 0 Å². The van der Waals surface area contributed by atoms with E-state index in [2.05, 4.69) is 4.90 Å². The Hall–Kier alpha value is -1.23. The molecule has 1 fully saturated rings. The predicted octanol–water partition coefficient (Wildman–Crippen LogP) is 4.36. The van der Waals surface area contributed by atoms with Crippen molar-refractivity contribution in [3.05, 3.63) is 29.3 Å². The van der Waals surface area contributed by atoms with Crippen molar-refractivity contribution in [2.45, 2.75) is 57.9 Å². The summed E-state index contributed by atoms with van der Waals surface area (Å²) in [7, 11) is 0. The highest BCUT2D eigenvalue weighted by molar-refractivity contribution is 5.52. The molecule has 0 aromatic heterocycles. The summed E-state index contributed by atoms with van der Waals surface area (Å²) in [6.45, 7) is 2.08. The van der Waals surface area contributed by atoms with Crippen molar-refractivity contribution >= 4 is 5.69 Å². The fourth-order valence-electron chi connectivity index (χ4n) is 3.19. The van der Waals surface area contributed by atoms with E-state index in [4.69, 9.17) is 5.11 Å². The molecule has 2 nitrogen and oxygen atoms in total. The number of hydrogen-bond donors (Lipinski definition) is 1. The summed E-state index contributed by atoms with van der Waals surface area (Å²) in [5.74, 6) is 0. The van der Waals surface area contributed by atoms with Crippen LogP contribution in [0.25, 0.3) is 0 Å². The summed E-state index contributed by atoms with van der Waals surface area (Å²) < 4.78 is 39.3. The Morgan fingerprint density at radius 2 is 1.86 bits per heavy atom. The summed E-state index contributed by atoms with van der Waals surface area (Å²) in [5, 5.41) is 9.10. The molecular weight excluding hydrogens is 279 g/mol. The predicted molar refractivity (Wildman–Crippen MR) is 77.3 cm³/mol. The van der Waals surface area contributed by atoms with Crippen LogP contribution in [0, 0.1) is 0 Å². The highest BCUT2D eigenvalue weighted by Gasteiger charge is 2.34. The number of aliphatic hydroxyl groups excluding tert-OH is 1. The van der Waals surface area contributed by atoms with Crippen LogP contribution in [0.2, 0.25) is 0 Å². The second-order valence-electron chi connectivity index (χ2n) is 5.58. The first-order valence-corrected chi connectivity index (χ1v) is 7.55. The number of nitrogens with zero attached hydrogens (tertiary/aromatic N) is 1. The second kappa shape index (κ2) is 6.69. The van der Waals surface area contributed by atoms with E-state index in [1.54, 1.807) is 6.07 Å². The Morgan fingerprint density at radius 3 is 2.38 bits per heavy atom. The van der Waals surface area contributed by atoms with Gasteiger partial charge in [-0.1, -0.05) is 25.3 Å². The van der Waals surface area contributed by atoms with Gasteiger partial charge in [-0.15, -0.1) is 0 Å². The molecule has 0 bridgehead atoms. The Kier molecular flexibility index (Phi) is 5.14. The van der Waals surface area contributed by atoms with Gasteiger partial charge in [0.05, 0.1) is 12.2 Å². The maximum Gasteiger partial charge on any atom is 0.416 e. The van der Waals surface area contributed by atoms with E-state index in [0.29, 0.717) is 18.3 Å². The van der Waals surface area contributed by atoms with Crippen molar-refractivity contribution in [2.24, 2.45) is 0 Å². The molecule has 21 heavy (non-hydrogen) atoms. The number of rotatable bonds is 4. The minimum absolute atomic E-state index is 0.0639. The number of benzene rings is 1. The number of anilines is 1. The zero-order chi connectivity index (χ0) is 15.5. The summed E-state index contributed by atoms with van der Waals surface area (Å²) in [6, 6.07) is 4.59. The van der Waals surface area contributed by atoms with Crippen molar-refractivity contribution in [3.63, 3.8) is 0 Å². The van der Waals surface area contributed by atoms with E-state index < -0.39 is 18.3 Å². The van der Waals surface area contributed by atoms with Crippen molar-refractivity contribution in [1.29, 1.82) is 0 Å². The first-order valence-electron chi connectivity index (χ1n) is 7.55. The fraction of sp³-hybridized carbons (Fsp3) is 0.625. The van der Waals surface area contributed by atoms with Gasteiger partial charge in [-0.3, -0.25) is 0 Å². The van der Waals surface area contributed by atoms with E-state index in [1.165, 1.54) is 18.6 Å². The molecule has 0 saturated heterocycles. The molecule has 1 saturated carbocycles. The van der Waals surface area contributed by atoms with E-state index in [0.717, 1.165) is 25.7 Å². The first-order chi connectivity index (χ1) is 9.97. The number of aliphatic hydroxyl groups is 1. The Bertz CT molecular complexity index is 467. The zero-order valence-corrected chi connectivity index (χ0v) is 12.3. The van der Waals surface area contributed by atoms with E-state index in [9.17, 15) is 13.2 Å². The normalized spacial score (nSPS) is 17.0. The van der Waals surface area contributed by atoms with Crippen molar-refractivity contribution < 1.29 is 18.3 Å². The van der Waals surface area contributed by atoms with Crippen LogP contribution >= 0.6 is 0 Å². The lowest BCUT2D eigenvalue weighted by Crippen LogP contribution is -2.36. The van der Waals surface area contributed by atoms with Crippen LogP contribution in [-0.2, 0) is 12.8 Å². The molecule has 1 aliphatic rings. The van der Waals surface area contributed by atoms with Crippen LogP contribution in [0.15, 0.2) is 18.2 Å². The van der Waals surface area contributed by atoms with Crippen LogP contribution in [-0.4, -0.2) is 17.7 Å². The monoisotopic (exact) mass is 301 g/mol. The SMILES string of the molecule is CCN(c1ccc(CO)c(C(F)(F)F)c1)C1CCCCC1. The second-order valence-corrected chi connectivity index (χ2v) is 5.58. The molecule has 0 atom stereocenters. The zero-order valence-electron chi connectivity index (χ0n) is 12.3. The van der Waals surface area contributed by atoms with Gasteiger partial charge in [0.2, 0.25) is 0 Å². The highest BCUT2D eigenvalue weighted by atomic mass is 19.4. The van der Waals surface area contributed by atoms with Crippen LogP contribution in [0.4, 0.5) is 18.9 Å². The minimum Gasteiger partial charge on any atom is -0.392 e. The van der Waals surface area contributed by atoms with Gasteiger partial charge < -0.3 is 10.0 Å². The van der Waals surface area contributed by atoms with Gasteiger partial charge in [0.1, 0.15) is 0 Å². The molecule has 1 N–H and O–H groups in total. The molecular formula is C16H22F3NO. The van der Waals surface area contributed by atoms with Gasteiger partial charge in [0.25, 0.3) is 0 Å². The fourth-order valence-corrected chi connectivity index (χ4v) is 3.19. The molecule has 0 amide bonds. The molecule has 0 unspecified atom stereocenters. The van der Waals surface area contributed by atoms with Crippen molar-refractivity contribution in [2.75, 3.05) is 11.4 Å². The maximum absolute atomic E-state index is 13.1. The lowest BCUT2D eigenvalue weighted by molar-refractivity contribution is -0.138. The maximum atomic E-state index is 13.1. The summed E-state index contributed by atoms with van der Waals surface area (Å²) in [6.07, 6.45) is 1.14. The van der Waals surface area contributed by atoms with Crippen LogP contribution in [0.3, 0.4) is 0 Å². The highest BCUT2D eigenvalue weighted by Crippen LogP contribution is 2.36. The first kappa shape index (κ1) is 16.1. The summed E-state index contributed by atoms with van der Waals surface area (Å²) in [5.41, 5.74) is -0.184. The third kappa shape index (κ3) is 3.70. The molecule has 2 rings (SSSR count). The number of hydrogen-bond acceptors (Lipinski definition) is 2. The quantitative estimate of drug-likeness (QED) is 0.893. The third-order valence-corrected chi connectivity index (χ3v) is 4.26. The number of alkyl halides is 3. The van der Waals surface area contributed by atoms with Crippen LogP contribution in [0.1, 0.15) is 50.2 Å². The minimum atomic E-state index is -4.43. The Balaban J connectivity index is 2.33. The molecule has 0 spiro atoms. The van der Waals surface area contributed by atoms with Gasteiger partial charge in [0.15, 0.2) is 0 Å². The van der Waals surface area contributed by atoms with Gasteiger partial charge in [-0.25, -0.2) is 0 Å². The lowest BCUT2D eigenvalue weighted by Gasteiger charge is -2.36. The Morgan fingerprint density at radius 1 is 1.19 bits per heavy atom. The third-order valence-electron chi connectivity index (χ3n) is 4.26. The van der Waals surface area contributed by atoms with Crippen LogP contribution < -0.4 is 4.90 Å². The largest absolute Gasteiger partial charge is 0.416 e. The van der Waals surface area contributed by atoms with E-state index in [1.807, 2.05) is 6.92 Å². The molecule has 1 aromatic rings. The summed E-state index contributed by atoms with van der Waals surface area (Å²) >= 11 is 0. The van der Waals surface area contributed by atoms with Gasteiger partial charge in [-0.2, -0.15) is 13.2 Å². The standard InChI is InChI=1S/C16H22F3NO/c1-2-20(13-6-4-3-5-7-13)14-9-8-12(11-21)15(10-14)16(17,18)19/h8-10,13,21H,2-7,11H2,1H3. The molecule has 0 heterocycles. The average molecular weight is 301 g/mol. The molecule has 1 aliphatic carbocycles. The van der Waals surface area contributed by atoms with Gasteiger partial charge in [-0.05, 0) is 37.5 Å². The number of halogens is 3.